The molecule has 0 aliphatic heterocycles. The van der Waals surface area contributed by atoms with Gasteiger partial charge < -0.3 is 10.1 Å². The fourth-order valence-corrected chi connectivity index (χ4v) is 2.07. The van der Waals surface area contributed by atoms with Gasteiger partial charge in [-0.05, 0) is 23.6 Å². The highest BCUT2D eigenvalue weighted by Crippen LogP contribution is 2.12. The first-order chi connectivity index (χ1) is 8.36. The van der Waals surface area contributed by atoms with Crippen molar-refractivity contribution in [3.05, 3.63) is 52.5 Å². The number of anilines is 1. The summed E-state index contributed by atoms with van der Waals surface area (Å²) in [5, 5.41) is 5.02. The first-order valence-corrected chi connectivity index (χ1v) is 6.33. The maximum absolute atomic E-state index is 13.2. The van der Waals surface area contributed by atoms with Crippen LogP contribution in [-0.2, 0) is 11.3 Å². The summed E-state index contributed by atoms with van der Waals surface area (Å²) >= 11 is 1.67. The predicted molar refractivity (Wildman–Crippen MR) is 68.9 cm³/mol. The molecule has 0 atom stereocenters. The van der Waals surface area contributed by atoms with Gasteiger partial charge >= 0.3 is 0 Å². The molecule has 0 fully saturated rings. The van der Waals surface area contributed by atoms with Gasteiger partial charge in [0, 0.05) is 11.4 Å². The van der Waals surface area contributed by atoms with Crippen molar-refractivity contribution in [2.75, 3.05) is 18.5 Å². The summed E-state index contributed by atoms with van der Waals surface area (Å²) in [6.07, 6.45) is 0. The largest absolute Gasteiger partial charge is 0.380 e. The van der Waals surface area contributed by atoms with Crippen LogP contribution in [0.3, 0.4) is 0 Å². The molecule has 17 heavy (non-hydrogen) atoms. The molecule has 0 spiro atoms. The second kappa shape index (κ2) is 6.37. The predicted octanol–water partition coefficient (Wildman–Crippen LogP) is 3.52. The Balaban J connectivity index is 1.65. The molecule has 0 aliphatic carbocycles. The number of halogens is 1. The van der Waals surface area contributed by atoms with Crippen LogP contribution in [0.25, 0.3) is 0 Å². The molecule has 90 valence electrons. The smallest absolute Gasteiger partial charge is 0.146 e. The van der Waals surface area contributed by atoms with Crippen molar-refractivity contribution in [1.82, 2.24) is 0 Å². The summed E-state index contributed by atoms with van der Waals surface area (Å²) in [4.78, 5) is 1.20. The Morgan fingerprint density at radius 2 is 2.06 bits per heavy atom. The Morgan fingerprint density at radius 1 is 1.18 bits per heavy atom. The first-order valence-electron chi connectivity index (χ1n) is 5.45. The van der Waals surface area contributed by atoms with Crippen molar-refractivity contribution in [3.8, 4) is 0 Å². The van der Waals surface area contributed by atoms with Gasteiger partial charge in [0.25, 0.3) is 0 Å². The average molecular weight is 251 g/mol. The molecule has 0 saturated carbocycles. The Morgan fingerprint density at radius 3 is 2.82 bits per heavy atom. The lowest BCUT2D eigenvalue weighted by Gasteiger charge is -2.07. The van der Waals surface area contributed by atoms with Crippen LogP contribution in [0.5, 0.6) is 0 Å². The molecule has 0 bridgehead atoms. The molecule has 2 nitrogen and oxygen atoms in total. The number of hydrogen-bond acceptors (Lipinski definition) is 3. The Kier molecular flexibility index (Phi) is 4.53. The number of rotatable bonds is 6. The van der Waals surface area contributed by atoms with Crippen molar-refractivity contribution in [1.29, 1.82) is 0 Å². The van der Waals surface area contributed by atoms with Crippen molar-refractivity contribution in [3.63, 3.8) is 0 Å². The standard InChI is InChI=1S/C13H14FNOS/c14-12-5-1-2-6-13(12)15-7-8-16-10-11-4-3-9-17-11/h1-6,9,15H,7-8,10H2. The van der Waals surface area contributed by atoms with Gasteiger partial charge in [0.2, 0.25) is 0 Å². The summed E-state index contributed by atoms with van der Waals surface area (Å²) in [6.45, 7) is 1.79. The lowest BCUT2D eigenvalue weighted by Crippen LogP contribution is -2.10. The number of para-hydroxylation sites is 1. The van der Waals surface area contributed by atoms with Gasteiger partial charge in [0.1, 0.15) is 5.82 Å². The van der Waals surface area contributed by atoms with Gasteiger partial charge in [-0.1, -0.05) is 18.2 Å². The van der Waals surface area contributed by atoms with E-state index in [4.69, 9.17) is 4.74 Å². The molecule has 2 aromatic rings. The fraction of sp³-hybridized carbons (Fsp3) is 0.231. The van der Waals surface area contributed by atoms with Crippen LogP contribution in [0.15, 0.2) is 41.8 Å². The first kappa shape index (κ1) is 12.1. The van der Waals surface area contributed by atoms with E-state index >= 15 is 0 Å². The van der Waals surface area contributed by atoms with E-state index < -0.39 is 0 Å². The van der Waals surface area contributed by atoms with Crippen LogP contribution in [0.4, 0.5) is 10.1 Å². The van der Waals surface area contributed by atoms with Crippen LogP contribution in [0.2, 0.25) is 0 Å². The molecule has 0 aliphatic rings. The molecule has 1 N–H and O–H groups in total. The van der Waals surface area contributed by atoms with Crippen molar-refractivity contribution in [2.24, 2.45) is 0 Å². The second-order valence-corrected chi connectivity index (χ2v) is 4.57. The maximum atomic E-state index is 13.2. The zero-order valence-electron chi connectivity index (χ0n) is 9.36. The van der Waals surface area contributed by atoms with Crippen LogP contribution in [0, 0.1) is 5.82 Å². The van der Waals surface area contributed by atoms with Crippen LogP contribution >= 0.6 is 11.3 Å². The zero-order chi connectivity index (χ0) is 11.9. The van der Waals surface area contributed by atoms with E-state index in [0.29, 0.717) is 25.4 Å². The van der Waals surface area contributed by atoms with Crippen molar-refractivity contribution in [2.45, 2.75) is 6.61 Å². The van der Waals surface area contributed by atoms with E-state index in [-0.39, 0.29) is 5.82 Å². The molecule has 0 unspecified atom stereocenters. The van der Waals surface area contributed by atoms with E-state index in [2.05, 4.69) is 5.32 Å². The number of thiophene rings is 1. The monoisotopic (exact) mass is 251 g/mol. The Labute approximate surface area is 104 Å². The van der Waals surface area contributed by atoms with Gasteiger partial charge in [0.15, 0.2) is 0 Å². The topological polar surface area (TPSA) is 21.3 Å². The summed E-state index contributed by atoms with van der Waals surface area (Å²) in [6, 6.07) is 10.7. The summed E-state index contributed by atoms with van der Waals surface area (Å²) in [7, 11) is 0. The third-order valence-electron chi connectivity index (χ3n) is 2.26. The second-order valence-electron chi connectivity index (χ2n) is 3.54. The van der Waals surface area contributed by atoms with Gasteiger partial charge in [-0.3, -0.25) is 0 Å². The third-order valence-corrected chi connectivity index (χ3v) is 3.11. The van der Waals surface area contributed by atoms with Crippen LogP contribution in [-0.4, -0.2) is 13.2 Å². The quantitative estimate of drug-likeness (QED) is 0.793. The molecule has 1 heterocycles. The summed E-state index contributed by atoms with van der Waals surface area (Å²) in [5.74, 6) is -0.231. The molecular weight excluding hydrogens is 237 g/mol. The maximum Gasteiger partial charge on any atom is 0.146 e. The minimum atomic E-state index is -0.231. The van der Waals surface area contributed by atoms with E-state index in [9.17, 15) is 4.39 Å². The minimum Gasteiger partial charge on any atom is -0.380 e. The highest BCUT2D eigenvalue weighted by molar-refractivity contribution is 7.09. The third kappa shape index (κ3) is 3.84. The Bertz CT molecular complexity index is 444. The zero-order valence-corrected chi connectivity index (χ0v) is 10.2. The van der Waals surface area contributed by atoms with E-state index in [1.54, 1.807) is 29.5 Å². The molecular formula is C13H14FNOS. The number of nitrogens with one attached hydrogen (secondary N) is 1. The minimum absolute atomic E-state index is 0.231. The van der Waals surface area contributed by atoms with E-state index in [1.807, 2.05) is 17.5 Å². The summed E-state index contributed by atoms with van der Waals surface area (Å²) in [5.41, 5.74) is 0.521. The fourth-order valence-electron chi connectivity index (χ4n) is 1.43. The van der Waals surface area contributed by atoms with Crippen molar-refractivity contribution >= 4 is 17.0 Å². The van der Waals surface area contributed by atoms with Crippen LogP contribution < -0.4 is 5.32 Å². The molecule has 1 aromatic carbocycles. The van der Waals surface area contributed by atoms with Gasteiger partial charge in [0.05, 0.1) is 18.9 Å². The molecule has 0 amide bonds. The van der Waals surface area contributed by atoms with E-state index in [0.717, 1.165) is 0 Å². The van der Waals surface area contributed by atoms with E-state index in [1.165, 1.54) is 10.9 Å². The van der Waals surface area contributed by atoms with Gasteiger partial charge in [-0.15, -0.1) is 11.3 Å². The Hall–Kier alpha value is -1.39. The highest BCUT2D eigenvalue weighted by atomic mass is 32.1. The average Bonchev–Trinajstić information content (AvgIpc) is 2.84. The molecule has 2 rings (SSSR count). The summed E-state index contributed by atoms with van der Waals surface area (Å²) < 4.78 is 18.7. The van der Waals surface area contributed by atoms with Gasteiger partial charge in [-0.25, -0.2) is 4.39 Å². The lowest BCUT2D eigenvalue weighted by atomic mass is 10.3. The van der Waals surface area contributed by atoms with Gasteiger partial charge in [-0.2, -0.15) is 0 Å². The SMILES string of the molecule is Fc1ccccc1NCCOCc1cccs1. The normalized spacial score (nSPS) is 10.4. The molecule has 0 saturated heterocycles. The number of hydrogen-bond donors (Lipinski definition) is 1. The highest BCUT2D eigenvalue weighted by Gasteiger charge is 1.98. The molecule has 0 radical (unpaired) electrons. The number of ether oxygens (including phenoxy) is 1. The van der Waals surface area contributed by atoms with Crippen molar-refractivity contribution < 1.29 is 9.13 Å². The van der Waals surface area contributed by atoms with Crippen LogP contribution in [0.1, 0.15) is 4.88 Å². The molecule has 1 aromatic heterocycles. The molecule has 4 heteroatoms. The number of benzene rings is 1. The lowest BCUT2D eigenvalue weighted by molar-refractivity contribution is 0.132.